The zero-order valence-electron chi connectivity index (χ0n) is 5.59. The van der Waals surface area contributed by atoms with E-state index in [0.29, 0.717) is 0 Å². The summed E-state index contributed by atoms with van der Waals surface area (Å²) in [6.07, 6.45) is 0.0967. The molecular formula is C5H9O4P. The highest BCUT2D eigenvalue weighted by Gasteiger charge is 2.10. The van der Waals surface area contributed by atoms with Crippen LogP contribution < -0.4 is 0 Å². The smallest absolute Gasteiger partial charge is 0.372 e. The van der Waals surface area contributed by atoms with Gasteiger partial charge >= 0.3 is 5.97 Å². The molecule has 0 fully saturated rings. The van der Waals surface area contributed by atoms with Crippen molar-refractivity contribution in [3.8, 4) is 0 Å². The van der Waals surface area contributed by atoms with Crippen LogP contribution in [-0.2, 0) is 14.2 Å². The van der Waals surface area contributed by atoms with Crippen molar-refractivity contribution in [1.82, 2.24) is 0 Å². The minimum Gasteiger partial charge on any atom is -0.476 e. The lowest BCUT2D eigenvalue weighted by Gasteiger charge is -1.90. The molecule has 0 radical (unpaired) electrons. The lowest BCUT2D eigenvalue weighted by Crippen LogP contribution is -2.12. The highest BCUT2D eigenvalue weighted by Crippen LogP contribution is 2.14. The maximum Gasteiger partial charge on any atom is 0.372 e. The number of hydrogen-bond acceptors (Lipinski definition) is 3. The van der Waals surface area contributed by atoms with Crippen molar-refractivity contribution < 1.29 is 19.3 Å². The topological polar surface area (TPSA) is 71.4 Å². The molecule has 0 saturated heterocycles. The predicted octanol–water partition coefficient (Wildman–Crippen LogP) is 0.220. The number of carboxylic acid groups (broad SMARTS) is 1. The Hall–Kier alpha value is -0.630. The Balaban J connectivity index is 3.60. The van der Waals surface area contributed by atoms with Crippen LogP contribution in [0.1, 0.15) is 6.42 Å². The summed E-state index contributed by atoms with van der Waals surface area (Å²) in [6, 6.07) is 0. The fraction of sp³-hybridized carbons (Fsp3) is 0.600. The van der Waals surface area contributed by atoms with E-state index in [1.165, 1.54) is 6.66 Å². The van der Waals surface area contributed by atoms with Crippen LogP contribution in [0.3, 0.4) is 0 Å². The highest BCUT2D eigenvalue weighted by atomic mass is 31.1. The van der Waals surface area contributed by atoms with E-state index in [9.17, 15) is 14.2 Å². The molecule has 1 unspecified atom stereocenters. The van der Waals surface area contributed by atoms with E-state index in [0.717, 1.165) is 0 Å². The van der Waals surface area contributed by atoms with Crippen LogP contribution in [0.2, 0.25) is 0 Å². The summed E-state index contributed by atoms with van der Waals surface area (Å²) < 4.78 is 10.4. The van der Waals surface area contributed by atoms with E-state index in [-0.39, 0.29) is 12.6 Å². The largest absolute Gasteiger partial charge is 0.476 e. The molecule has 0 aliphatic rings. The van der Waals surface area contributed by atoms with E-state index in [4.69, 9.17) is 5.11 Å². The minimum absolute atomic E-state index is 0.108. The average Bonchev–Trinajstić information content (AvgIpc) is 1.82. The molecule has 0 rings (SSSR count). The maximum atomic E-state index is 10.4. The fourth-order valence-corrected chi connectivity index (χ4v) is 0.976. The summed E-state index contributed by atoms with van der Waals surface area (Å²) in [5.74, 6) is -2.30. The first-order valence-electron chi connectivity index (χ1n) is 2.79. The first kappa shape index (κ1) is 9.37. The lowest BCUT2D eigenvalue weighted by molar-refractivity contribution is -0.148. The van der Waals surface area contributed by atoms with Crippen molar-refractivity contribution in [2.45, 2.75) is 6.42 Å². The Kier molecular flexibility index (Phi) is 3.96. The number of ketones is 1. The zero-order chi connectivity index (χ0) is 8.15. The molecule has 0 heterocycles. The molecule has 0 spiro atoms. The molecule has 0 aromatic carbocycles. The molecular weight excluding hydrogens is 155 g/mol. The van der Waals surface area contributed by atoms with Crippen LogP contribution in [0.15, 0.2) is 0 Å². The van der Waals surface area contributed by atoms with Gasteiger partial charge in [0.15, 0.2) is 0 Å². The van der Waals surface area contributed by atoms with Gasteiger partial charge in [-0.05, 0) is 6.66 Å². The zero-order valence-corrected chi connectivity index (χ0v) is 6.59. The Morgan fingerprint density at radius 3 is 2.30 bits per heavy atom. The van der Waals surface area contributed by atoms with Crippen molar-refractivity contribution in [2.75, 3.05) is 12.8 Å². The van der Waals surface area contributed by atoms with Gasteiger partial charge in [0.25, 0.3) is 0 Å². The summed E-state index contributed by atoms with van der Waals surface area (Å²) in [5.41, 5.74) is 0. The molecule has 1 N–H and O–H groups in total. The molecule has 1 atom stereocenters. The van der Waals surface area contributed by atoms with Gasteiger partial charge in [0, 0.05) is 12.6 Å². The quantitative estimate of drug-likeness (QED) is 0.476. The molecule has 0 saturated carbocycles. The molecule has 5 heteroatoms. The Morgan fingerprint density at radius 2 is 2.00 bits per heavy atom. The van der Waals surface area contributed by atoms with Gasteiger partial charge in [0.1, 0.15) is 0 Å². The van der Waals surface area contributed by atoms with Crippen LogP contribution in [0.25, 0.3) is 0 Å². The van der Waals surface area contributed by atoms with Crippen LogP contribution >= 0.6 is 7.80 Å². The molecule has 0 amide bonds. The lowest BCUT2D eigenvalue weighted by atomic mass is 10.3. The summed E-state index contributed by atoms with van der Waals surface area (Å²) in [5, 5.41) is 8.05. The van der Waals surface area contributed by atoms with Crippen molar-refractivity contribution >= 4 is 19.6 Å². The third-order valence-electron chi connectivity index (χ3n) is 0.943. The number of carboxylic acids is 1. The Labute approximate surface area is 59.0 Å². The van der Waals surface area contributed by atoms with Crippen molar-refractivity contribution in [3.05, 3.63) is 0 Å². The normalized spacial score (nSPS) is 12.5. The van der Waals surface area contributed by atoms with Gasteiger partial charge in [-0.25, -0.2) is 4.79 Å². The van der Waals surface area contributed by atoms with Gasteiger partial charge in [0.2, 0.25) is 5.78 Å². The van der Waals surface area contributed by atoms with Crippen molar-refractivity contribution in [1.29, 1.82) is 0 Å². The van der Waals surface area contributed by atoms with E-state index < -0.39 is 19.6 Å². The third-order valence-corrected chi connectivity index (χ3v) is 1.90. The Morgan fingerprint density at radius 1 is 1.50 bits per heavy atom. The maximum absolute atomic E-state index is 10.4. The van der Waals surface area contributed by atoms with Crippen LogP contribution in [0.5, 0.6) is 0 Å². The first-order chi connectivity index (χ1) is 4.54. The van der Waals surface area contributed by atoms with Gasteiger partial charge in [-0.2, -0.15) is 0 Å². The summed E-state index contributed by atoms with van der Waals surface area (Å²) in [4.78, 5) is 20.2. The summed E-state index contributed by atoms with van der Waals surface area (Å²) in [6.45, 7) is 1.50. The molecule has 0 aromatic heterocycles. The van der Waals surface area contributed by atoms with Crippen LogP contribution in [-0.4, -0.2) is 29.7 Å². The SMILES string of the molecule is C[PH](=O)CCC(=O)C(=O)O. The summed E-state index contributed by atoms with van der Waals surface area (Å²) in [7, 11) is -1.70. The third kappa shape index (κ3) is 4.27. The van der Waals surface area contributed by atoms with Crippen molar-refractivity contribution in [2.24, 2.45) is 0 Å². The minimum atomic E-state index is -1.70. The van der Waals surface area contributed by atoms with Gasteiger partial charge in [-0.3, -0.25) is 4.79 Å². The van der Waals surface area contributed by atoms with E-state index >= 15 is 0 Å². The molecule has 0 aromatic rings. The van der Waals surface area contributed by atoms with E-state index in [2.05, 4.69) is 0 Å². The second-order valence-electron chi connectivity index (χ2n) is 1.93. The average molecular weight is 164 g/mol. The number of hydrogen-bond donors (Lipinski definition) is 1. The number of carbonyl (C=O) groups excluding carboxylic acids is 1. The van der Waals surface area contributed by atoms with E-state index in [1.807, 2.05) is 0 Å². The molecule has 4 nitrogen and oxygen atoms in total. The molecule has 10 heavy (non-hydrogen) atoms. The Bertz CT molecular complexity index is 174. The highest BCUT2D eigenvalue weighted by molar-refractivity contribution is 7.43. The molecule has 58 valence electrons. The first-order valence-corrected chi connectivity index (χ1v) is 4.91. The predicted molar refractivity (Wildman–Crippen MR) is 37.1 cm³/mol. The standard InChI is InChI=1S/C5H9O4P/c1-10(9)3-2-4(6)5(7)8/h10H,2-3H2,1H3,(H,7,8). The molecule has 0 bridgehead atoms. The summed E-state index contributed by atoms with van der Waals surface area (Å²) >= 11 is 0. The van der Waals surface area contributed by atoms with Crippen molar-refractivity contribution in [3.63, 3.8) is 0 Å². The van der Waals surface area contributed by atoms with Gasteiger partial charge < -0.3 is 9.67 Å². The van der Waals surface area contributed by atoms with Gasteiger partial charge in [-0.15, -0.1) is 0 Å². The number of Topliss-reactive ketones (excluding diaryl/α,β-unsaturated/α-hetero) is 1. The second kappa shape index (κ2) is 4.23. The van der Waals surface area contributed by atoms with Gasteiger partial charge in [0.05, 0.1) is 7.80 Å². The number of carbonyl (C=O) groups is 2. The molecule has 0 aliphatic heterocycles. The molecule has 0 aliphatic carbocycles. The number of rotatable bonds is 4. The van der Waals surface area contributed by atoms with E-state index in [1.54, 1.807) is 0 Å². The number of aliphatic carboxylic acids is 1. The monoisotopic (exact) mass is 164 g/mol. The second-order valence-corrected chi connectivity index (χ2v) is 3.83. The van der Waals surface area contributed by atoms with Crippen LogP contribution in [0, 0.1) is 0 Å². The fourth-order valence-electron chi connectivity index (χ4n) is 0.396. The van der Waals surface area contributed by atoms with Gasteiger partial charge in [-0.1, -0.05) is 0 Å². The van der Waals surface area contributed by atoms with Crippen LogP contribution in [0.4, 0.5) is 0 Å².